The molecule has 6 nitrogen and oxygen atoms in total. The van der Waals surface area contributed by atoms with Crippen LogP contribution in [0.4, 0.5) is 0 Å². The molecule has 0 aliphatic rings. The van der Waals surface area contributed by atoms with Crippen molar-refractivity contribution < 1.29 is 19.0 Å². The Hall–Kier alpha value is -2.88. The highest BCUT2D eigenvalue weighted by Gasteiger charge is 2.14. The second-order valence-corrected chi connectivity index (χ2v) is 6.38. The van der Waals surface area contributed by atoms with Gasteiger partial charge in [0.05, 0.1) is 26.4 Å². The van der Waals surface area contributed by atoms with Gasteiger partial charge in [0.1, 0.15) is 28.9 Å². The van der Waals surface area contributed by atoms with Gasteiger partial charge >= 0.3 is 0 Å². The molecule has 0 fully saturated rings. The minimum atomic E-state index is -0.557. The summed E-state index contributed by atoms with van der Waals surface area (Å²) in [6.07, 6.45) is 1.37. The molecule has 0 bridgehead atoms. The Bertz CT molecular complexity index is 952. The monoisotopic (exact) mass is 420 g/mol. The Balaban J connectivity index is 2.24. The van der Waals surface area contributed by atoms with Crippen LogP contribution in [0, 0.1) is 11.3 Å². The molecule has 0 heterocycles. The fourth-order valence-electron chi connectivity index (χ4n) is 2.48. The molecular weight excluding hydrogens is 403 g/mol. The predicted molar refractivity (Wildman–Crippen MR) is 108 cm³/mol. The molecule has 0 spiro atoms. The minimum absolute atomic E-state index is 0.121. The molecule has 1 amide bonds. The number of methoxy groups -OCH3 is 3. The lowest BCUT2D eigenvalue weighted by Crippen LogP contribution is -2.24. The van der Waals surface area contributed by atoms with E-state index in [-0.39, 0.29) is 17.1 Å². The van der Waals surface area contributed by atoms with Crippen molar-refractivity contribution >= 4 is 35.2 Å². The quantitative estimate of drug-likeness (QED) is 0.534. The van der Waals surface area contributed by atoms with Crippen molar-refractivity contribution in [3.05, 3.63) is 57.1 Å². The molecule has 2 aromatic rings. The lowest BCUT2D eigenvalue weighted by atomic mass is 10.1. The lowest BCUT2D eigenvalue weighted by molar-refractivity contribution is -0.117. The second-order valence-electron chi connectivity index (χ2n) is 5.54. The molecule has 8 heteroatoms. The number of nitrogens with one attached hydrogen (secondary N) is 1. The van der Waals surface area contributed by atoms with Crippen LogP contribution in [0.3, 0.4) is 0 Å². The standard InChI is InChI=1S/C20H18Cl2N2O4/c1-26-16-5-4-12(18(9-16)27-2)11-24-20(25)14(10-23)6-13-7-15(21)8-17(22)19(13)28-3/h4-9H,11H2,1-3H3,(H,24,25)/b14-6+. The highest BCUT2D eigenvalue weighted by atomic mass is 35.5. The topological polar surface area (TPSA) is 80.6 Å². The van der Waals surface area contributed by atoms with Gasteiger partial charge in [-0.1, -0.05) is 23.2 Å². The number of nitriles is 1. The maximum absolute atomic E-state index is 12.5. The molecule has 1 N–H and O–H groups in total. The largest absolute Gasteiger partial charge is 0.497 e. The number of carbonyl (C=O) groups is 1. The van der Waals surface area contributed by atoms with E-state index in [0.717, 1.165) is 5.56 Å². The van der Waals surface area contributed by atoms with E-state index < -0.39 is 5.91 Å². The zero-order chi connectivity index (χ0) is 20.7. The second kappa shape index (κ2) is 9.88. The van der Waals surface area contributed by atoms with Gasteiger partial charge in [-0.25, -0.2) is 0 Å². The lowest BCUT2D eigenvalue weighted by Gasteiger charge is -2.11. The zero-order valence-electron chi connectivity index (χ0n) is 15.5. The third-order valence-electron chi connectivity index (χ3n) is 3.84. The average molecular weight is 421 g/mol. The molecule has 0 unspecified atom stereocenters. The summed E-state index contributed by atoms with van der Waals surface area (Å²) in [6, 6.07) is 10.2. The fraction of sp³-hybridized carbons (Fsp3) is 0.200. The Kier molecular flexibility index (Phi) is 7.56. The van der Waals surface area contributed by atoms with Crippen molar-refractivity contribution in [3.8, 4) is 23.3 Å². The number of nitrogens with zero attached hydrogens (tertiary/aromatic N) is 1. The van der Waals surface area contributed by atoms with Crippen LogP contribution < -0.4 is 19.5 Å². The highest BCUT2D eigenvalue weighted by Crippen LogP contribution is 2.33. The number of rotatable bonds is 7. The molecule has 0 saturated heterocycles. The average Bonchev–Trinajstić information content (AvgIpc) is 2.69. The van der Waals surface area contributed by atoms with E-state index in [1.807, 2.05) is 6.07 Å². The SMILES string of the molecule is COc1ccc(CNC(=O)/C(C#N)=C/c2cc(Cl)cc(Cl)c2OC)c(OC)c1. The highest BCUT2D eigenvalue weighted by molar-refractivity contribution is 6.36. The van der Waals surface area contributed by atoms with E-state index in [1.54, 1.807) is 31.4 Å². The van der Waals surface area contributed by atoms with Gasteiger partial charge in [-0.3, -0.25) is 4.79 Å². The molecule has 0 aliphatic heterocycles. The van der Waals surface area contributed by atoms with Gasteiger partial charge in [-0.05, 0) is 30.3 Å². The van der Waals surface area contributed by atoms with Crippen LogP contribution in [0.5, 0.6) is 17.2 Å². The summed E-state index contributed by atoms with van der Waals surface area (Å²) in [5.41, 5.74) is 1.04. The Morgan fingerprint density at radius 3 is 2.50 bits per heavy atom. The first-order valence-electron chi connectivity index (χ1n) is 8.07. The van der Waals surface area contributed by atoms with E-state index in [4.69, 9.17) is 37.4 Å². The van der Waals surface area contributed by atoms with Gasteiger partial charge in [0.2, 0.25) is 0 Å². The maximum Gasteiger partial charge on any atom is 0.262 e. The Labute approximate surface area is 173 Å². The molecule has 2 aromatic carbocycles. The molecule has 0 aromatic heterocycles. The van der Waals surface area contributed by atoms with Crippen LogP contribution in [-0.2, 0) is 11.3 Å². The molecule has 0 saturated carbocycles. The number of hydrogen-bond acceptors (Lipinski definition) is 5. The molecular formula is C20H18Cl2N2O4. The number of hydrogen-bond donors (Lipinski definition) is 1. The van der Waals surface area contributed by atoms with Crippen LogP contribution in [0.15, 0.2) is 35.9 Å². The molecule has 0 aliphatic carbocycles. The molecule has 2 rings (SSSR count). The number of benzene rings is 2. The van der Waals surface area contributed by atoms with Crippen molar-refractivity contribution in [3.63, 3.8) is 0 Å². The normalized spacial score (nSPS) is 10.8. The minimum Gasteiger partial charge on any atom is -0.497 e. The molecule has 0 atom stereocenters. The summed E-state index contributed by atoms with van der Waals surface area (Å²) in [5, 5.41) is 12.7. The van der Waals surface area contributed by atoms with Gasteiger partial charge in [0.15, 0.2) is 0 Å². The van der Waals surface area contributed by atoms with E-state index in [0.29, 0.717) is 27.8 Å². The molecule has 0 radical (unpaired) electrons. The predicted octanol–water partition coefficient (Wildman–Crippen LogP) is 4.24. The summed E-state index contributed by atoms with van der Waals surface area (Å²) in [4.78, 5) is 12.5. The molecule has 146 valence electrons. The van der Waals surface area contributed by atoms with Gasteiger partial charge < -0.3 is 19.5 Å². The number of ether oxygens (including phenoxy) is 3. The first kappa shape index (κ1) is 21.4. The van der Waals surface area contributed by atoms with E-state index in [2.05, 4.69) is 5.32 Å². The summed E-state index contributed by atoms with van der Waals surface area (Å²) in [5.74, 6) is 0.960. The van der Waals surface area contributed by atoms with E-state index in [1.165, 1.54) is 26.4 Å². The van der Waals surface area contributed by atoms with Crippen LogP contribution in [0.2, 0.25) is 10.0 Å². The third kappa shape index (κ3) is 5.10. The van der Waals surface area contributed by atoms with Crippen LogP contribution >= 0.6 is 23.2 Å². The zero-order valence-corrected chi connectivity index (χ0v) is 17.0. The van der Waals surface area contributed by atoms with Crippen molar-refractivity contribution in [1.29, 1.82) is 5.26 Å². The summed E-state index contributed by atoms with van der Waals surface area (Å²) in [7, 11) is 4.51. The van der Waals surface area contributed by atoms with Gasteiger partial charge in [0.25, 0.3) is 5.91 Å². The van der Waals surface area contributed by atoms with Crippen molar-refractivity contribution in [2.45, 2.75) is 6.54 Å². The van der Waals surface area contributed by atoms with E-state index in [9.17, 15) is 10.1 Å². The number of halogens is 2. The maximum atomic E-state index is 12.5. The van der Waals surface area contributed by atoms with Crippen LogP contribution in [0.25, 0.3) is 6.08 Å². The number of amides is 1. The van der Waals surface area contributed by atoms with Crippen molar-refractivity contribution in [2.24, 2.45) is 0 Å². The Morgan fingerprint density at radius 1 is 1.14 bits per heavy atom. The molecule has 28 heavy (non-hydrogen) atoms. The first-order valence-corrected chi connectivity index (χ1v) is 8.83. The fourth-order valence-corrected chi connectivity index (χ4v) is 3.06. The van der Waals surface area contributed by atoms with E-state index >= 15 is 0 Å². The van der Waals surface area contributed by atoms with Crippen molar-refractivity contribution in [2.75, 3.05) is 21.3 Å². The Morgan fingerprint density at radius 2 is 1.89 bits per heavy atom. The summed E-state index contributed by atoms with van der Waals surface area (Å²) < 4.78 is 15.7. The third-order valence-corrected chi connectivity index (χ3v) is 4.34. The van der Waals surface area contributed by atoms with Gasteiger partial charge in [0, 0.05) is 28.8 Å². The van der Waals surface area contributed by atoms with Crippen LogP contribution in [-0.4, -0.2) is 27.2 Å². The van der Waals surface area contributed by atoms with Gasteiger partial charge in [-0.2, -0.15) is 5.26 Å². The van der Waals surface area contributed by atoms with Crippen LogP contribution in [0.1, 0.15) is 11.1 Å². The summed E-state index contributed by atoms with van der Waals surface area (Å²) >= 11 is 12.1. The number of carbonyl (C=O) groups excluding carboxylic acids is 1. The van der Waals surface area contributed by atoms with Crippen molar-refractivity contribution in [1.82, 2.24) is 5.32 Å². The first-order chi connectivity index (χ1) is 13.4. The smallest absolute Gasteiger partial charge is 0.262 e. The van der Waals surface area contributed by atoms with Gasteiger partial charge in [-0.15, -0.1) is 0 Å². The summed E-state index contributed by atoms with van der Waals surface area (Å²) in [6.45, 7) is 0.165.